The van der Waals surface area contributed by atoms with E-state index in [2.05, 4.69) is 5.32 Å². The second-order valence-electron chi connectivity index (χ2n) is 6.59. The van der Waals surface area contributed by atoms with Gasteiger partial charge in [0.05, 0.1) is 6.54 Å². The van der Waals surface area contributed by atoms with Crippen LogP contribution in [0, 0.1) is 0 Å². The third-order valence-corrected chi connectivity index (χ3v) is 4.88. The molecule has 1 unspecified atom stereocenters. The molecule has 130 valence electrons. The number of aryl methyl sites for hydroxylation is 1. The number of Topliss-reactive ketones (excluding diaryl/α,β-unsaturated/α-hetero) is 1. The van der Waals surface area contributed by atoms with Gasteiger partial charge in [0.1, 0.15) is 5.69 Å². The van der Waals surface area contributed by atoms with Gasteiger partial charge in [-0.05, 0) is 25.8 Å². The van der Waals surface area contributed by atoms with E-state index in [9.17, 15) is 14.4 Å². The normalized spacial score (nSPS) is 21.9. The van der Waals surface area contributed by atoms with Crippen LogP contribution < -0.4 is 5.32 Å². The van der Waals surface area contributed by atoms with Crippen molar-refractivity contribution < 1.29 is 14.4 Å². The summed E-state index contributed by atoms with van der Waals surface area (Å²) in [6, 6.07) is 1.74. The highest BCUT2D eigenvalue weighted by atomic mass is 16.2. The lowest BCUT2D eigenvalue weighted by atomic mass is 10.0. The average molecular weight is 332 g/mol. The highest BCUT2D eigenvalue weighted by Crippen LogP contribution is 2.20. The number of carbonyl (C=O) groups excluding carboxylic acids is 3. The fourth-order valence-electron chi connectivity index (χ4n) is 3.53. The van der Waals surface area contributed by atoms with Gasteiger partial charge in [0.25, 0.3) is 5.91 Å². The number of piperazine rings is 1. The minimum absolute atomic E-state index is 0.0485. The molecular weight excluding hydrogens is 308 g/mol. The van der Waals surface area contributed by atoms with E-state index in [1.165, 1.54) is 6.92 Å². The number of amides is 2. The van der Waals surface area contributed by atoms with E-state index in [-0.39, 0.29) is 23.6 Å². The maximum Gasteiger partial charge on any atom is 0.270 e. The van der Waals surface area contributed by atoms with Gasteiger partial charge in [0.2, 0.25) is 5.91 Å². The quantitative estimate of drug-likeness (QED) is 0.806. The first-order chi connectivity index (χ1) is 11.5. The van der Waals surface area contributed by atoms with Crippen molar-refractivity contribution >= 4 is 17.6 Å². The fourth-order valence-corrected chi connectivity index (χ4v) is 3.53. The van der Waals surface area contributed by atoms with E-state index in [0.717, 1.165) is 19.4 Å². The van der Waals surface area contributed by atoms with Gasteiger partial charge < -0.3 is 19.7 Å². The van der Waals surface area contributed by atoms with Crippen LogP contribution in [0.4, 0.5) is 0 Å². The maximum atomic E-state index is 12.8. The first kappa shape index (κ1) is 16.7. The molecule has 0 aliphatic carbocycles. The molecule has 1 atom stereocenters. The Balaban J connectivity index is 1.73. The van der Waals surface area contributed by atoms with Crippen LogP contribution in [0.3, 0.4) is 0 Å². The van der Waals surface area contributed by atoms with E-state index in [1.54, 1.807) is 23.9 Å². The van der Waals surface area contributed by atoms with Crippen molar-refractivity contribution in [2.45, 2.75) is 25.8 Å². The molecule has 0 aromatic carbocycles. The Morgan fingerprint density at radius 3 is 2.75 bits per heavy atom. The molecule has 2 fully saturated rings. The maximum absolute atomic E-state index is 12.8. The number of nitrogens with zero attached hydrogens (tertiary/aromatic N) is 3. The predicted octanol–water partition coefficient (Wildman–Crippen LogP) is 0.264. The van der Waals surface area contributed by atoms with Crippen molar-refractivity contribution in [3.05, 3.63) is 23.5 Å². The summed E-state index contributed by atoms with van der Waals surface area (Å²) in [5.41, 5.74) is 1.07. The molecule has 2 amide bonds. The van der Waals surface area contributed by atoms with Crippen molar-refractivity contribution in [1.29, 1.82) is 0 Å². The average Bonchev–Trinajstić information content (AvgIpc) is 2.97. The molecule has 1 aromatic rings. The van der Waals surface area contributed by atoms with Crippen LogP contribution in [0.25, 0.3) is 0 Å². The summed E-state index contributed by atoms with van der Waals surface area (Å²) in [7, 11) is 1.78. The zero-order valence-corrected chi connectivity index (χ0v) is 14.2. The standard InChI is InChI=1S/C17H24N4O3/c1-12(22)13-8-15(19(2)10-13)17(24)20-6-3-4-14(11-20)21-7-5-18-9-16(21)23/h8,10,14,18H,3-7,9,11H2,1-2H3. The van der Waals surface area contributed by atoms with E-state index < -0.39 is 0 Å². The number of piperidine rings is 1. The number of likely N-dealkylation sites (tertiary alicyclic amines) is 1. The van der Waals surface area contributed by atoms with Crippen LogP contribution >= 0.6 is 0 Å². The van der Waals surface area contributed by atoms with Crippen molar-refractivity contribution in [3.8, 4) is 0 Å². The Labute approximate surface area is 141 Å². The van der Waals surface area contributed by atoms with E-state index in [4.69, 9.17) is 0 Å². The largest absolute Gasteiger partial charge is 0.346 e. The van der Waals surface area contributed by atoms with Crippen LogP contribution in [0.15, 0.2) is 12.3 Å². The number of hydrogen-bond donors (Lipinski definition) is 1. The number of ketones is 1. The second kappa shape index (κ2) is 6.76. The van der Waals surface area contributed by atoms with Gasteiger partial charge in [-0.3, -0.25) is 14.4 Å². The van der Waals surface area contributed by atoms with E-state index >= 15 is 0 Å². The summed E-state index contributed by atoms with van der Waals surface area (Å²) < 4.78 is 1.71. The monoisotopic (exact) mass is 332 g/mol. The lowest BCUT2D eigenvalue weighted by Crippen LogP contribution is -2.57. The van der Waals surface area contributed by atoms with Crippen LogP contribution in [0.5, 0.6) is 0 Å². The summed E-state index contributed by atoms with van der Waals surface area (Å²) in [6.07, 6.45) is 3.51. The van der Waals surface area contributed by atoms with Gasteiger partial charge in [0, 0.05) is 51.0 Å². The van der Waals surface area contributed by atoms with E-state index in [0.29, 0.717) is 37.4 Å². The molecule has 3 heterocycles. The third kappa shape index (κ3) is 3.21. The molecule has 7 heteroatoms. The highest BCUT2D eigenvalue weighted by Gasteiger charge is 2.32. The van der Waals surface area contributed by atoms with Crippen molar-refractivity contribution in [2.24, 2.45) is 7.05 Å². The molecule has 24 heavy (non-hydrogen) atoms. The van der Waals surface area contributed by atoms with Gasteiger partial charge in [-0.2, -0.15) is 0 Å². The molecule has 1 aromatic heterocycles. The fraction of sp³-hybridized carbons (Fsp3) is 0.588. The van der Waals surface area contributed by atoms with Gasteiger partial charge in [-0.1, -0.05) is 0 Å². The molecule has 3 rings (SSSR count). The third-order valence-electron chi connectivity index (χ3n) is 4.88. The van der Waals surface area contributed by atoms with Crippen LogP contribution in [-0.2, 0) is 11.8 Å². The number of carbonyl (C=O) groups is 3. The predicted molar refractivity (Wildman–Crippen MR) is 88.9 cm³/mol. The molecular formula is C17H24N4O3. The Morgan fingerprint density at radius 2 is 2.08 bits per heavy atom. The summed E-state index contributed by atoms with van der Waals surface area (Å²) in [4.78, 5) is 40.2. The van der Waals surface area contributed by atoms with Crippen molar-refractivity contribution in [3.63, 3.8) is 0 Å². The van der Waals surface area contributed by atoms with Gasteiger partial charge in [-0.15, -0.1) is 0 Å². The molecule has 0 bridgehead atoms. The molecule has 0 saturated carbocycles. The van der Waals surface area contributed by atoms with Gasteiger partial charge in [-0.25, -0.2) is 0 Å². The number of rotatable bonds is 3. The minimum atomic E-state index is -0.0720. The highest BCUT2D eigenvalue weighted by molar-refractivity contribution is 5.99. The van der Waals surface area contributed by atoms with Gasteiger partial charge in [0.15, 0.2) is 5.78 Å². The Bertz CT molecular complexity index is 667. The van der Waals surface area contributed by atoms with E-state index in [1.807, 2.05) is 9.80 Å². The number of aromatic nitrogens is 1. The smallest absolute Gasteiger partial charge is 0.270 e. The summed E-state index contributed by atoms with van der Waals surface area (Å²) in [5, 5.41) is 3.08. The first-order valence-corrected chi connectivity index (χ1v) is 8.44. The second-order valence-corrected chi connectivity index (χ2v) is 6.59. The number of nitrogens with one attached hydrogen (secondary N) is 1. The zero-order chi connectivity index (χ0) is 17.3. The van der Waals surface area contributed by atoms with Crippen molar-refractivity contribution in [2.75, 3.05) is 32.7 Å². The first-order valence-electron chi connectivity index (χ1n) is 8.44. The summed E-state index contributed by atoms with van der Waals surface area (Å²) >= 11 is 0. The van der Waals surface area contributed by atoms with Gasteiger partial charge >= 0.3 is 0 Å². The molecule has 2 aliphatic heterocycles. The Kier molecular flexibility index (Phi) is 4.71. The lowest BCUT2D eigenvalue weighted by molar-refractivity contribution is -0.135. The van der Waals surface area contributed by atoms with Crippen molar-refractivity contribution in [1.82, 2.24) is 19.7 Å². The van der Waals surface area contributed by atoms with Crippen LogP contribution in [0.1, 0.15) is 40.6 Å². The molecule has 7 nitrogen and oxygen atoms in total. The lowest BCUT2D eigenvalue weighted by Gasteiger charge is -2.41. The summed E-state index contributed by atoms with van der Waals surface area (Å²) in [5.74, 6) is -0.0110. The molecule has 0 spiro atoms. The summed E-state index contributed by atoms with van der Waals surface area (Å²) in [6.45, 7) is 4.63. The zero-order valence-electron chi connectivity index (χ0n) is 14.2. The SMILES string of the molecule is CC(=O)c1cc(C(=O)N2CCCC(N3CCNCC3=O)C2)n(C)c1. The minimum Gasteiger partial charge on any atom is -0.346 e. The topological polar surface area (TPSA) is 74.7 Å². The molecule has 1 N–H and O–H groups in total. The molecule has 2 aliphatic rings. The number of hydrogen-bond acceptors (Lipinski definition) is 4. The van der Waals surface area contributed by atoms with Crippen LogP contribution in [0.2, 0.25) is 0 Å². The Morgan fingerprint density at radius 1 is 1.29 bits per heavy atom. The molecule has 2 saturated heterocycles. The van der Waals surface area contributed by atoms with Crippen LogP contribution in [-0.4, -0.2) is 70.7 Å². The molecule has 0 radical (unpaired) electrons. The Hall–Kier alpha value is -2.15.